The molecule has 21 heavy (non-hydrogen) atoms. The lowest BCUT2D eigenvalue weighted by Gasteiger charge is -2.28. The first kappa shape index (κ1) is 14.7. The highest BCUT2D eigenvalue weighted by molar-refractivity contribution is 7.99. The van der Waals surface area contributed by atoms with Crippen molar-refractivity contribution in [1.29, 1.82) is 0 Å². The molecule has 1 fully saturated rings. The molecule has 1 atom stereocenters. The van der Waals surface area contributed by atoms with Gasteiger partial charge in [0.15, 0.2) is 0 Å². The summed E-state index contributed by atoms with van der Waals surface area (Å²) in [6.07, 6.45) is 6.64. The van der Waals surface area contributed by atoms with Crippen molar-refractivity contribution >= 4 is 17.8 Å². The Morgan fingerprint density at radius 3 is 2.76 bits per heavy atom. The molecule has 1 heterocycles. The predicted molar refractivity (Wildman–Crippen MR) is 83.0 cm³/mol. The normalized spacial score (nSPS) is 22.4. The quantitative estimate of drug-likeness (QED) is 0.867. The molecule has 0 unspecified atom stereocenters. The van der Waals surface area contributed by atoms with E-state index in [1.165, 1.54) is 25.3 Å². The summed E-state index contributed by atoms with van der Waals surface area (Å²) in [4.78, 5) is 13.2. The highest BCUT2D eigenvalue weighted by Crippen LogP contribution is 2.36. The summed E-state index contributed by atoms with van der Waals surface area (Å²) >= 11 is 1.73. The second-order valence-electron chi connectivity index (χ2n) is 5.82. The van der Waals surface area contributed by atoms with Gasteiger partial charge in [0.25, 0.3) is 0 Å². The molecule has 0 saturated heterocycles. The Labute approximate surface area is 129 Å². The number of urea groups is 1. The van der Waals surface area contributed by atoms with Gasteiger partial charge in [-0.3, -0.25) is 0 Å². The lowest BCUT2D eigenvalue weighted by Crippen LogP contribution is -2.44. The van der Waals surface area contributed by atoms with Crippen molar-refractivity contribution in [2.75, 3.05) is 5.75 Å². The standard InChI is InChI=1S/C16H21FN2OS/c17-11-6-7-15-13(10-11)14(8-9-21-15)19-16(20)18-12-4-2-1-3-5-12/h6-7,10,12,14H,1-5,8-9H2,(H2,18,19,20)/t14-/m1/s1. The van der Waals surface area contributed by atoms with Crippen LogP contribution in [0.1, 0.15) is 50.1 Å². The first-order valence-electron chi connectivity index (χ1n) is 7.71. The van der Waals surface area contributed by atoms with Crippen LogP contribution in [0.25, 0.3) is 0 Å². The van der Waals surface area contributed by atoms with E-state index >= 15 is 0 Å². The molecule has 2 amide bonds. The van der Waals surface area contributed by atoms with Crippen LogP contribution in [0.3, 0.4) is 0 Å². The van der Waals surface area contributed by atoms with Gasteiger partial charge < -0.3 is 10.6 Å². The van der Waals surface area contributed by atoms with Crippen LogP contribution in [0.4, 0.5) is 9.18 Å². The molecule has 0 spiro atoms. The third-order valence-corrected chi connectivity index (χ3v) is 5.38. The molecule has 2 aliphatic rings. The highest BCUT2D eigenvalue weighted by atomic mass is 32.2. The second kappa shape index (κ2) is 6.69. The first-order valence-corrected chi connectivity index (χ1v) is 8.70. The van der Waals surface area contributed by atoms with Gasteiger partial charge >= 0.3 is 6.03 Å². The van der Waals surface area contributed by atoms with Crippen molar-refractivity contribution in [2.24, 2.45) is 0 Å². The Morgan fingerprint density at radius 2 is 1.95 bits per heavy atom. The number of fused-ring (bicyclic) bond motifs is 1. The van der Waals surface area contributed by atoms with Gasteiger partial charge in [-0.25, -0.2) is 9.18 Å². The monoisotopic (exact) mass is 308 g/mol. The summed E-state index contributed by atoms with van der Waals surface area (Å²) in [5.74, 6) is 0.711. The molecule has 0 bridgehead atoms. The van der Waals surface area contributed by atoms with Crippen LogP contribution in [0.15, 0.2) is 23.1 Å². The van der Waals surface area contributed by atoms with Gasteiger partial charge in [0, 0.05) is 16.7 Å². The Kier molecular flexibility index (Phi) is 4.68. The summed E-state index contributed by atoms with van der Waals surface area (Å²) in [5.41, 5.74) is 0.907. The van der Waals surface area contributed by atoms with Crippen molar-refractivity contribution in [3.8, 4) is 0 Å². The minimum absolute atomic E-state index is 0.0828. The Hall–Kier alpha value is -1.23. The maximum absolute atomic E-state index is 13.4. The highest BCUT2D eigenvalue weighted by Gasteiger charge is 2.24. The number of hydrogen-bond acceptors (Lipinski definition) is 2. The number of halogens is 1. The van der Waals surface area contributed by atoms with Crippen LogP contribution in [-0.2, 0) is 0 Å². The van der Waals surface area contributed by atoms with Crippen molar-refractivity contribution in [2.45, 2.75) is 55.5 Å². The van der Waals surface area contributed by atoms with Crippen LogP contribution in [0.2, 0.25) is 0 Å². The molecule has 3 rings (SSSR count). The van der Waals surface area contributed by atoms with Crippen molar-refractivity contribution < 1.29 is 9.18 Å². The maximum Gasteiger partial charge on any atom is 0.315 e. The Balaban J connectivity index is 1.63. The van der Waals surface area contributed by atoms with Gasteiger partial charge in [0.05, 0.1) is 6.04 Å². The lowest BCUT2D eigenvalue weighted by molar-refractivity contribution is 0.228. The maximum atomic E-state index is 13.4. The minimum Gasteiger partial charge on any atom is -0.335 e. The molecule has 1 aliphatic heterocycles. The molecule has 3 nitrogen and oxygen atoms in total. The van der Waals surface area contributed by atoms with E-state index in [4.69, 9.17) is 0 Å². The van der Waals surface area contributed by atoms with Crippen molar-refractivity contribution in [3.63, 3.8) is 0 Å². The summed E-state index contributed by atoms with van der Waals surface area (Å²) < 4.78 is 13.4. The zero-order valence-corrected chi connectivity index (χ0v) is 12.8. The topological polar surface area (TPSA) is 41.1 Å². The number of nitrogens with one attached hydrogen (secondary N) is 2. The van der Waals surface area contributed by atoms with Gasteiger partial charge in [-0.05, 0) is 43.0 Å². The molecule has 1 aliphatic carbocycles. The molecule has 114 valence electrons. The van der Waals surface area contributed by atoms with Crippen molar-refractivity contribution in [3.05, 3.63) is 29.6 Å². The zero-order valence-electron chi connectivity index (χ0n) is 12.0. The summed E-state index contributed by atoms with van der Waals surface area (Å²) in [6.45, 7) is 0. The molecule has 5 heteroatoms. The predicted octanol–water partition coefficient (Wildman–Crippen LogP) is 3.99. The molecule has 1 aromatic carbocycles. The number of benzene rings is 1. The molecule has 2 N–H and O–H groups in total. The van der Waals surface area contributed by atoms with Gasteiger partial charge in [0.2, 0.25) is 0 Å². The van der Waals surface area contributed by atoms with Crippen LogP contribution in [-0.4, -0.2) is 17.8 Å². The minimum atomic E-state index is -0.240. The van der Waals surface area contributed by atoms with Gasteiger partial charge in [0.1, 0.15) is 5.82 Å². The zero-order chi connectivity index (χ0) is 14.7. The number of carbonyl (C=O) groups excluding carboxylic acids is 1. The van der Waals surface area contributed by atoms with E-state index in [2.05, 4.69) is 10.6 Å². The number of rotatable bonds is 2. The van der Waals surface area contributed by atoms with E-state index in [0.717, 1.165) is 35.5 Å². The fraction of sp³-hybridized carbons (Fsp3) is 0.562. The van der Waals surface area contributed by atoms with Crippen LogP contribution in [0.5, 0.6) is 0 Å². The third kappa shape index (κ3) is 3.70. The Bertz CT molecular complexity index is 517. The van der Waals surface area contributed by atoms with E-state index in [9.17, 15) is 9.18 Å². The van der Waals surface area contributed by atoms with E-state index in [1.807, 2.05) is 6.07 Å². The van der Waals surface area contributed by atoms with E-state index in [1.54, 1.807) is 17.8 Å². The van der Waals surface area contributed by atoms with E-state index < -0.39 is 0 Å². The number of thioether (sulfide) groups is 1. The fourth-order valence-corrected chi connectivity index (χ4v) is 4.25. The van der Waals surface area contributed by atoms with E-state index in [-0.39, 0.29) is 17.9 Å². The van der Waals surface area contributed by atoms with E-state index in [0.29, 0.717) is 6.04 Å². The lowest BCUT2D eigenvalue weighted by atomic mass is 9.96. The molecule has 0 radical (unpaired) electrons. The average molecular weight is 308 g/mol. The van der Waals surface area contributed by atoms with Crippen LogP contribution >= 0.6 is 11.8 Å². The van der Waals surface area contributed by atoms with Crippen LogP contribution < -0.4 is 10.6 Å². The SMILES string of the molecule is O=C(NC1CCCCC1)N[C@@H]1CCSc2ccc(F)cc21. The number of carbonyl (C=O) groups is 1. The van der Waals surface area contributed by atoms with Crippen LogP contribution in [0, 0.1) is 5.82 Å². The van der Waals surface area contributed by atoms with Gasteiger partial charge in [-0.1, -0.05) is 19.3 Å². The molecular formula is C16H21FN2OS. The average Bonchev–Trinajstić information content (AvgIpc) is 2.49. The molecule has 1 saturated carbocycles. The van der Waals surface area contributed by atoms with Gasteiger partial charge in [-0.2, -0.15) is 0 Å². The summed E-state index contributed by atoms with van der Waals surface area (Å²) in [5, 5.41) is 6.08. The molecule has 1 aromatic rings. The first-order chi connectivity index (χ1) is 10.2. The van der Waals surface area contributed by atoms with Crippen molar-refractivity contribution in [1.82, 2.24) is 10.6 Å². The largest absolute Gasteiger partial charge is 0.335 e. The third-order valence-electron chi connectivity index (χ3n) is 4.26. The number of hydrogen-bond donors (Lipinski definition) is 2. The molecular weight excluding hydrogens is 287 g/mol. The molecule has 0 aromatic heterocycles. The smallest absolute Gasteiger partial charge is 0.315 e. The second-order valence-corrected chi connectivity index (χ2v) is 6.96. The Morgan fingerprint density at radius 1 is 1.14 bits per heavy atom. The van der Waals surface area contributed by atoms with Gasteiger partial charge in [-0.15, -0.1) is 11.8 Å². The summed E-state index contributed by atoms with van der Waals surface area (Å²) in [7, 11) is 0. The summed E-state index contributed by atoms with van der Waals surface area (Å²) in [6, 6.07) is 4.93. The number of amides is 2. The fourth-order valence-electron chi connectivity index (χ4n) is 3.15.